The number of nitrogens with zero attached hydrogens (tertiary/aromatic N) is 2. The minimum Gasteiger partial charge on any atom is -0.328 e. The maximum atomic E-state index is 4.91. The smallest absolute Gasteiger partial charge is 0.140 e. The number of rotatable bonds is 3. The van der Waals surface area contributed by atoms with Gasteiger partial charge in [-0.2, -0.15) is 0 Å². The number of benzene rings is 1. The fraction of sp³-hybridized carbons (Fsp3) is 0.438. The summed E-state index contributed by atoms with van der Waals surface area (Å²) in [5.41, 5.74) is 5.23. The topological polar surface area (TPSA) is 29.9 Å². The summed E-state index contributed by atoms with van der Waals surface area (Å²) in [4.78, 5) is 4.91. The maximum absolute atomic E-state index is 4.91. The molecular weight excluding hydrogens is 234 g/mol. The lowest BCUT2D eigenvalue weighted by atomic mass is 10.1. The van der Waals surface area contributed by atoms with E-state index in [1.807, 2.05) is 7.05 Å². The molecule has 0 amide bonds. The van der Waals surface area contributed by atoms with Gasteiger partial charge in [0.25, 0.3) is 0 Å². The van der Waals surface area contributed by atoms with E-state index in [4.69, 9.17) is 4.98 Å². The minimum absolute atomic E-state index is 0.862. The summed E-state index contributed by atoms with van der Waals surface area (Å²) in [6.45, 7) is 4.13. The van der Waals surface area contributed by atoms with Crippen LogP contribution in [0.4, 0.5) is 0 Å². The molecule has 0 aliphatic carbocycles. The van der Waals surface area contributed by atoms with Crippen molar-refractivity contribution in [1.29, 1.82) is 0 Å². The Morgan fingerprint density at radius 2 is 2.11 bits per heavy atom. The Kier molecular flexibility index (Phi) is 3.38. The first kappa shape index (κ1) is 12.4. The first-order valence-corrected chi connectivity index (χ1v) is 7.10. The largest absolute Gasteiger partial charge is 0.328 e. The average molecular weight is 255 g/mol. The van der Waals surface area contributed by atoms with Gasteiger partial charge < -0.3 is 9.88 Å². The van der Waals surface area contributed by atoms with E-state index in [-0.39, 0.29) is 0 Å². The Morgan fingerprint density at radius 3 is 2.89 bits per heavy atom. The van der Waals surface area contributed by atoms with Crippen molar-refractivity contribution in [3.05, 3.63) is 41.2 Å². The molecule has 2 aromatic rings. The predicted molar refractivity (Wildman–Crippen MR) is 78.1 cm³/mol. The Labute approximate surface area is 114 Å². The van der Waals surface area contributed by atoms with Crippen molar-refractivity contribution in [2.75, 3.05) is 7.05 Å². The summed E-state index contributed by atoms with van der Waals surface area (Å²) in [6, 6.07) is 8.54. The van der Waals surface area contributed by atoms with Crippen LogP contribution in [0.5, 0.6) is 0 Å². The highest BCUT2D eigenvalue weighted by atomic mass is 15.1. The second-order valence-corrected chi connectivity index (χ2v) is 5.28. The first-order valence-electron chi connectivity index (χ1n) is 7.10. The summed E-state index contributed by atoms with van der Waals surface area (Å²) in [6.07, 6.45) is 3.72. The zero-order chi connectivity index (χ0) is 13.2. The summed E-state index contributed by atoms with van der Waals surface area (Å²) in [7, 11) is 1.99. The SMILES string of the molecule is CNCc1nc(-c2ccccc2C)n2c1CCCC2. The van der Waals surface area contributed by atoms with Crippen LogP contribution >= 0.6 is 0 Å². The molecule has 2 heterocycles. The van der Waals surface area contributed by atoms with Gasteiger partial charge in [0.2, 0.25) is 0 Å². The molecular formula is C16H21N3. The van der Waals surface area contributed by atoms with Crippen LogP contribution < -0.4 is 5.32 Å². The Balaban J connectivity index is 2.13. The summed E-state index contributed by atoms with van der Waals surface area (Å²) in [5, 5.41) is 3.24. The van der Waals surface area contributed by atoms with E-state index >= 15 is 0 Å². The normalized spacial score (nSPS) is 14.4. The van der Waals surface area contributed by atoms with E-state index in [1.165, 1.54) is 35.4 Å². The Morgan fingerprint density at radius 1 is 1.26 bits per heavy atom. The van der Waals surface area contributed by atoms with Gasteiger partial charge in [0.1, 0.15) is 5.82 Å². The number of imidazole rings is 1. The van der Waals surface area contributed by atoms with Gasteiger partial charge in [-0.15, -0.1) is 0 Å². The lowest BCUT2D eigenvalue weighted by Gasteiger charge is -2.18. The van der Waals surface area contributed by atoms with Crippen molar-refractivity contribution in [3.63, 3.8) is 0 Å². The summed E-state index contributed by atoms with van der Waals surface area (Å²) < 4.78 is 2.43. The highest BCUT2D eigenvalue weighted by Crippen LogP contribution is 2.29. The molecule has 0 saturated carbocycles. The maximum Gasteiger partial charge on any atom is 0.140 e. The molecule has 3 nitrogen and oxygen atoms in total. The minimum atomic E-state index is 0.862. The van der Waals surface area contributed by atoms with Crippen molar-refractivity contribution in [2.45, 2.75) is 39.3 Å². The van der Waals surface area contributed by atoms with Crippen LogP contribution in [0, 0.1) is 6.92 Å². The monoisotopic (exact) mass is 255 g/mol. The summed E-state index contributed by atoms with van der Waals surface area (Å²) in [5.74, 6) is 1.15. The van der Waals surface area contributed by atoms with Gasteiger partial charge in [-0.05, 0) is 38.8 Å². The van der Waals surface area contributed by atoms with Crippen LogP contribution in [-0.2, 0) is 19.5 Å². The molecule has 1 aliphatic rings. The molecule has 1 N–H and O–H groups in total. The molecule has 1 aliphatic heterocycles. The van der Waals surface area contributed by atoms with E-state index in [2.05, 4.69) is 41.1 Å². The van der Waals surface area contributed by atoms with Gasteiger partial charge in [-0.3, -0.25) is 0 Å². The summed E-state index contributed by atoms with van der Waals surface area (Å²) >= 11 is 0. The van der Waals surface area contributed by atoms with Crippen molar-refractivity contribution in [1.82, 2.24) is 14.9 Å². The van der Waals surface area contributed by atoms with E-state index < -0.39 is 0 Å². The number of aromatic nitrogens is 2. The quantitative estimate of drug-likeness (QED) is 0.914. The molecule has 0 unspecified atom stereocenters. The van der Waals surface area contributed by atoms with Gasteiger partial charge in [0.05, 0.1) is 5.69 Å². The number of aryl methyl sites for hydroxylation is 1. The molecule has 1 aromatic carbocycles. The lowest BCUT2D eigenvalue weighted by molar-refractivity contribution is 0.531. The molecule has 0 spiro atoms. The number of fused-ring (bicyclic) bond motifs is 1. The van der Waals surface area contributed by atoms with Gasteiger partial charge in [-0.1, -0.05) is 24.3 Å². The molecule has 3 rings (SSSR count). The van der Waals surface area contributed by atoms with Gasteiger partial charge in [-0.25, -0.2) is 4.98 Å². The van der Waals surface area contributed by atoms with Crippen LogP contribution in [0.1, 0.15) is 29.8 Å². The molecule has 19 heavy (non-hydrogen) atoms. The highest BCUT2D eigenvalue weighted by Gasteiger charge is 2.20. The Hall–Kier alpha value is -1.61. The van der Waals surface area contributed by atoms with E-state index in [1.54, 1.807) is 0 Å². The van der Waals surface area contributed by atoms with Crippen molar-refractivity contribution in [3.8, 4) is 11.4 Å². The number of hydrogen-bond acceptors (Lipinski definition) is 2. The van der Waals surface area contributed by atoms with Crippen LogP contribution in [0.25, 0.3) is 11.4 Å². The second kappa shape index (κ2) is 5.17. The van der Waals surface area contributed by atoms with Crippen molar-refractivity contribution >= 4 is 0 Å². The molecule has 1 aromatic heterocycles. The molecule has 100 valence electrons. The molecule has 0 fully saturated rings. The number of hydrogen-bond donors (Lipinski definition) is 1. The van der Waals surface area contributed by atoms with Gasteiger partial charge >= 0.3 is 0 Å². The van der Waals surface area contributed by atoms with Crippen molar-refractivity contribution < 1.29 is 0 Å². The van der Waals surface area contributed by atoms with Crippen LogP contribution in [-0.4, -0.2) is 16.6 Å². The third-order valence-corrected chi connectivity index (χ3v) is 3.93. The molecule has 0 saturated heterocycles. The highest BCUT2D eigenvalue weighted by molar-refractivity contribution is 5.61. The average Bonchev–Trinajstić information content (AvgIpc) is 2.79. The third-order valence-electron chi connectivity index (χ3n) is 3.93. The fourth-order valence-corrected chi connectivity index (χ4v) is 2.96. The van der Waals surface area contributed by atoms with E-state index in [9.17, 15) is 0 Å². The Bertz CT molecular complexity index is 584. The van der Waals surface area contributed by atoms with E-state index in [0.717, 1.165) is 25.3 Å². The zero-order valence-corrected chi connectivity index (χ0v) is 11.7. The molecule has 0 radical (unpaired) electrons. The predicted octanol–water partition coefficient (Wildman–Crippen LogP) is 2.91. The standard InChI is InChI=1S/C16H21N3/c1-12-7-3-4-8-13(12)16-18-14(11-17-2)15-9-5-6-10-19(15)16/h3-4,7-8,17H,5-6,9-11H2,1-2H3. The van der Waals surface area contributed by atoms with Crippen molar-refractivity contribution in [2.24, 2.45) is 0 Å². The fourth-order valence-electron chi connectivity index (χ4n) is 2.96. The molecule has 0 atom stereocenters. The first-order chi connectivity index (χ1) is 9.31. The third kappa shape index (κ3) is 2.19. The molecule has 3 heteroatoms. The van der Waals surface area contributed by atoms with Crippen LogP contribution in [0.2, 0.25) is 0 Å². The van der Waals surface area contributed by atoms with Crippen LogP contribution in [0.3, 0.4) is 0 Å². The molecule has 0 bridgehead atoms. The number of nitrogens with one attached hydrogen (secondary N) is 1. The second-order valence-electron chi connectivity index (χ2n) is 5.28. The zero-order valence-electron chi connectivity index (χ0n) is 11.7. The van der Waals surface area contributed by atoms with Gasteiger partial charge in [0, 0.05) is 24.3 Å². The lowest BCUT2D eigenvalue weighted by Crippen LogP contribution is -2.14. The van der Waals surface area contributed by atoms with E-state index in [0.29, 0.717) is 0 Å². The van der Waals surface area contributed by atoms with Crippen LogP contribution in [0.15, 0.2) is 24.3 Å². The van der Waals surface area contributed by atoms with Gasteiger partial charge in [0.15, 0.2) is 0 Å².